The Balaban J connectivity index is 2.71. The minimum absolute atomic E-state index is 0.0675. The Kier molecular flexibility index (Phi) is 3.12. The van der Waals surface area contributed by atoms with Gasteiger partial charge >= 0.3 is 0 Å². The number of rotatable bonds is 3. The molecule has 3 nitrogen and oxygen atoms in total. The molecule has 0 N–H and O–H groups in total. The first kappa shape index (κ1) is 11.4. The van der Waals surface area contributed by atoms with Crippen LogP contribution in [0.3, 0.4) is 0 Å². The van der Waals surface area contributed by atoms with Gasteiger partial charge in [0.05, 0.1) is 5.52 Å². The van der Waals surface area contributed by atoms with E-state index in [1.165, 1.54) is 0 Å². The van der Waals surface area contributed by atoms with Gasteiger partial charge < -0.3 is 9.30 Å². The molecule has 1 heterocycles. The van der Waals surface area contributed by atoms with Crippen molar-refractivity contribution in [2.75, 3.05) is 7.11 Å². The third kappa shape index (κ3) is 1.90. The molecular weight excluding hydrogens is 270 g/mol. The first-order valence-corrected chi connectivity index (χ1v) is 5.71. The topological polar surface area (TPSA) is 31.2 Å². The summed E-state index contributed by atoms with van der Waals surface area (Å²) < 4.78 is 8.00. The number of methoxy groups -OCH3 is 1. The van der Waals surface area contributed by atoms with Crippen molar-refractivity contribution in [2.24, 2.45) is 0 Å². The number of ether oxygens (including phenoxy) is 1. The summed E-state index contributed by atoms with van der Waals surface area (Å²) in [6.45, 7) is 2.03. The molecule has 0 aliphatic rings. The van der Waals surface area contributed by atoms with E-state index >= 15 is 0 Å². The number of benzene rings is 1. The second-order valence-electron chi connectivity index (χ2n) is 3.65. The van der Waals surface area contributed by atoms with E-state index < -0.39 is 0 Å². The molecule has 2 rings (SSSR count). The minimum atomic E-state index is 0.0675. The van der Waals surface area contributed by atoms with E-state index in [-0.39, 0.29) is 5.78 Å². The normalized spacial score (nSPS) is 10.9. The van der Waals surface area contributed by atoms with Crippen LogP contribution in [0.2, 0.25) is 0 Å². The minimum Gasteiger partial charge on any atom is -0.364 e. The van der Waals surface area contributed by atoms with Gasteiger partial charge in [0, 0.05) is 28.7 Å². The van der Waals surface area contributed by atoms with Crippen LogP contribution in [-0.2, 0) is 11.5 Å². The van der Waals surface area contributed by atoms with Gasteiger partial charge in [-0.2, -0.15) is 0 Å². The van der Waals surface area contributed by atoms with Crippen LogP contribution in [0.4, 0.5) is 0 Å². The van der Waals surface area contributed by atoms with E-state index in [4.69, 9.17) is 4.74 Å². The molecule has 0 aliphatic carbocycles. The lowest BCUT2D eigenvalue weighted by molar-refractivity contribution is 0.101. The predicted octanol–water partition coefficient (Wildman–Crippen LogP) is 3.21. The van der Waals surface area contributed by atoms with Gasteiger partial charge in [-0.1, -0.05) is 15.9 Å². The Labute approximate surface area is 102 Å². The summed E-state index contributed by atoms with van der Waals surface area (Å²) in [5.41, 5.74) is 1.74. The first-order chi connectivity index (χ1) is 7.63. The van der Waals surface area contributed by atoms with Crippen LogP contribution in [0.25, 0.3) is 10.9 Å². The highest BCUT2D eigenvalue weighted by atomic mass is 79.9. The smallest absolute Gasteiger partial charge is 0.161 e. The summed E-state index contributed by atoms with van der Waals surface area (Å²) in [4.78, 5) is 11.5. The van der Waals surface area contributed by atoms with E-state index in [9.17, 15) is 4.79 Å². The van der Waals surface area contributed by atoms with Crippen molar-refractivity contribution in [2.45, 2.75) is 13.7 Å². The molecular formula is C12H12BrNO2. The molecule has 1 aromatic carbocycles. The van der Waals surface area contributed by atoms with E-state index in [1.54, 1.807) is 14.0 Å². The number of Topliss-reactive ketones (excluding diaryl/α,β-unsaturated/α-hetero) is 1. The van der Waals surface area contributed by atoms with Gasteiger partial charge in [-0.05, 0) is 25.1 Å². The lowest BCUT2D eigenvalue weighted by Crippen LogP contribution is -1.97. The second kappa shape index (κ2) is 4.39. The molecule has 0 unspecified atom stereocenters. The molecule has 84 valence electrons. The van der Waals surface area contributed by atoms with E-state index in [2.05, 4.69) is 15.9 Å². The van der Waals surface area contributed by atoms with Crippen molar-refractivity contribution < 1.29 is 9.53 Å². The van der Waals surface area contributed by atoms with Crippen LogP contribution in [0, 0.1) is 0 Å². The number of carbonyl (C=O) groups excluding carboxylic acids is 1. The largest absolute Gasteiger partial charge is 0.364 e. The van der Waals surface area contributed by atoms with Crippen molar-refractivity contribution in [1.29, 1.82) is 0 Å². The van der Waals surface area contributed by atoms with Crippen LogP contribution < -0.4 is 0 Å². The molecule has 0 spiro atoms. The maximum atomic E-state index is 11.5. The molecule has 0 bridgehead atoms. The summed E-state index contributed by atoms with van der Waals surface area (Å²) >= 11 is 3.41. The molecule has 0 saturated heterocycles. The Hall–Kier alpha value is -1.13. The van der Waals surface area contributed by atoms with Crippen molar-refractivity contribution in [1.82, 2.24) is 4.57 Å². The van der Waals surface area contributed by atoms with E-state index in [1.807, 2.05) is 29.0 Å². The SMILES string of the molecule is COCn1cc(C(C)=O)c2cc(Br)ccc21. The van der Waals surface area contributed by atoms with Gasteiger partial charge in [0.15, 0.2) is 5.78 Å². The van der Waals surface area contributed by atoms with Crippen molar-refractivity contribution >= 4 is 32.6 Å². The Morgan fingerprint density at radius 2 is 2.25 bits per heavy atom. The Morgan fingerprint density at radius 1 is 1.50 bits per heavy atom. The predicted molar refractivity (Wildman–Crippen MR) is 66.7 cm³/mol. The molecule has 16 heavy (non-hydrogen) atoms. The van der Waals surface area contributed by atoms with Gasteiger partial charge in [0.2, 0.25) is 0 Å². The maximum Gasteiger partial charge on any atom is 0.161 e. The molecule has 0 atom stereocenters. The van der Waals surface area contributed by atoms with E-state index in [0.29, 0.717) is 6.73 Å². The summed E-state index contributed by atoms with van der Waals surface area (Å²) in [6.07, 6.45) is 1.84. The van der Waals surface area contributed by atoms with Gasteiger partial charge in [-0.3, -0.25) is 4.79 Å². The fourth-order valence-corrected chi connectivity index (χ4v) is 2.16. The van der Waals surface area contributed by atoms with Crippen LogP contribution in [0.1, 0.15) is 17.3 Å². The van der Waals surface area contributed by atoms with Gasteiger partial charge in [-0.15, -0.1) is 0 Å². The number of fused-ring (bicyclic) bond motifs is 1. The Bertz CT molecular complexity index is 545. The third-order valence-electron chi connectivity index (χ3n) is 2.49. The summed E-state index contributed by atoms with van der Waals surface area (Å²) in [7, 11) is 1.64. The molecule has 4 heteroatoms. The Morgan fingerprint density at radius 3 is 2.88 bits per heavy atom. The maximum absolute atomic E-state index is 11.5. The monoisotopic (exact) mass is 281 g/mol. The third-order valence-corrected chi connectivity index (χ3v) is 2.98. The molecule has 0 radical (unpaired) electrons. The van der Waals surface area contributed by atoms with Crippen LogP contribution in [0.15, 0.2) is 28.9 Å². The lowest BCUT2D eigenvalue weighted by Gasteiger charge is -2.02. The highest BCUT2D eigenvalue weighted by molar-refractivity contribution is 9.10. The summed E-state index contributed by atoms with van der Waals surface area (Å²) in [6, 6.07) is 5.89. The fraction of sp³-hybridized carbons (Fsp3) is 0.250. The number of nitrogens with zero attached hydrogens (tertiary/aromatic N) is 1. The number of hydrogen-bond acceptors (Lipinski definition) is 2. The van der Waals surface area contributed by atoms with Gasteiger partial charge in [-0.25, -0.2) is 0 Å². The molecule has 0 amide bonds. The number of aromatic nitrogens is 1. The van der Waals surface area contributed by atoms with Gasteiger partial charge in [0.1, 0.15) is 6.73 Å². The van der Waals surface area contributed by atoms with Crippen LogP contribution in [-0.4, -0.2) is 17.5 Å². The van der Waals surface area contributed by atoms with Crippen molar-refractivity contribution in [3.05, 3.63) is 34.4 Å². The zero-order valence-electron chi connectivity index (χ0n) is 9.16. The highest BCUT2D eigenvalue weighted by Gasteiger charge is 2.11. The standard InChI is InChI=1S/C12H12BrNO2/c1-8(15)11-6-14(7-16-2)12-4-3-9(13)5-10(11)12/h3-6H,7H2,1-2H3. The first-order valence-electron chi connectivity index (χ1n) is 4.91. The fourth-order valence-electron chi connectivity index (χ4n) is 1.80. The summed E-state index contributed by atoms with van der Waals surface area (Å²) in [5, 5.41) is 0.957. The molecule has 0 saturated carbocycles. The van der Waals surface area contributed by atoms with Gasteiger partial charge in [0.25, 0.3) is 0 Å². The molecule has 0 fully saturated rings. The highest BCUT2D eigenvalue weighted by Crippen LogP contribution is 2.25. The van der Waals surface area contributed by atoms with Crippen molar-refractivity contribution in [3.63, 3.8) is 0 Å². The number of halogens is 1. The zero-order chi connectivity index (χ0) is 11.7. The van der Waals surface area contributed by atoms with Crippen LogP contribution in [0.5, 0.6) is 0 Å². The van der Waals surface area contributed by atoms with Crippen molar-refractivity contribution in [3.8, 4) is 0 Å². The van der Waals surface area contributed by atoms with E-state index in [0.717, 1.165) is 20.9 Å². The quantitative estimate of drug-likeness (QED) is 0.809. The lowest BCUT2D eigenvalue weighted by atomic mass is 10.1. The molecule has 1 aromatic heterocycles. The second-order valence-corrected chi connectivity index (χ2v) is 4.56. The number of hydrogen-bond donors (Lipinski definition) is 0. The average Bonchev–Trinajstić information content (AvgIpc) is 2.57. The molecule has 0 aliphatic heterocycles. The number of carbonyl (C=O) groups is 1. The zero-order valence-corrected chi connectivity index (χ0v) is 10.7. The molecule has 2 aromatic rings. The average molecular weight is 282 g/mol. The summed E-state index contributed by atoms with van der Waals surface area (Å²) in [5.74, 6) is 0.0675. The number of ketones is 1. The van der Waals surface area contributed by atoms with Crippen LogP contribution >= 0.6 is 15.9 Å².